The van der Waals surface area contributed by atoms with Crippen molar-refractivity contribution in [3.05, 3.63) is 46.3 Å². The van der Waals surface area contributed by atoms with Crippen LogP contribution in [0.2, 0.25) is 0 Å². The first-order chi connectivity index (χ1) is 8.28. The first-order valence-electron chi connectivity index (χ1n) is 5.66. The Kier molecular flexibility index (Phi) is 2.47. The maximum absolute atomic E-state index is 8.83. The van der Waals surface area contributed by atoms with Crippen LogP contribution in [0.3, 0.4) is 0 Å². The summed E-state index contributed by atoms with van der Waals surface area (Å²) < 4.78 is 0. The second-order valence-corrected chi connectivity index (χ2v) is 5.42. The van der Waals surface area contributed by atoms with Gasteiger partial charge in [-0.1, -0.05) is 18.2 Å². The van der Waals surface area contributed by atoms with Crippen LogP contribution in [-0.2, 0) is 6.42 Å². The van der Waals surface area contributed by atoms with Crippen LogP contribution in [0.4, 0.5) is 0 Å². The average molecular weight is 240 g/mol. The van der Waals surface area contributed by atoms with Crippen molar-refractivity contribution in [3.63, 3.8) is 0 Å². The van der Waals surface area contributed by atoms with Gasteiger partial charge in [0.2, 0.25) is 0 Å². The van der Waals surface area contributed by atoms with E-state index in [1.54, 1.807) is 0 Å². The van der Waals surface area contributed by atoms with Crippen molar-refractivity contribution in [2.24, 2.45) is 5.73 Å². The highest BCUT2D eigenvalue weighted by atomic mass is 32.1. The maximum Gasteiger partial charge on any atom is 0.110 e. The van der Waals surface area contributed by atoms with Crippen LogP contribution in [0, 0.1) is 11.3 Å². The van der Waals surface area contributed by atoms with Gasteiger partial charge >= 0.3 is 0 Å². The molecule has 0 spiro atoms. The van der Waals surface area contributed by atoms with Gasteiger partial charge in [-0.05, 0) is 41.7 Å². The van der Waals surface area contributed by atoms with Gasteiger partial charge in [-0.25, -0.2) is 0 Å². The Hall–Kier alpha value is -1.63. The fraction of sp³-hybridized carbons (Fsp3) is 0.214. The predicted molar refractivity (Wildman–Crippen MR) is 69.7 cm³/mol. The van der Waals surface area contributed by atoms with Crippen LogP contribution in [0.5, 0.6) is 0 Å². The number of fused-ring (bicyclic) bond motifs is 1. The van der Waals surface area contributed by atoms with E-state index in [0.717, 1.165) is 22.6 Å². The lowest BCUT2D eigenvalue weighted by Gasteiger charge is -2.05. The summed E-state index contributed by atoms with van der Waals surface area (Å²) in [4.78, 5) is 1.92. The molecule has 84 valence electrons. The van der Waals surface area contributed by atoms with E-state index in [1.165, 1.54) is 28.0 Å². The minimum Gasteiger partial charge on any atom is -0.324 e. The molecule has 1 aromatic carbocycles. The maximum atomic E-state index is 8.83. The number of nitrogens with two attached hydrogens (primary N) is 1. The van der Waals surface area contributed by atoms with E-state index >= 15 is 0 Å². The molecule has 0 fully saturated rings. The molecule has 1 unspecified atom stereocenters. The molecule has 17 heavy (non-hydrogen) atoms. The van der Waals surface area contributed by atoms with Gasteiger partial charge in [-0.15, -0.1) is 11.3 Å². The lowest BCUT2D eigenvalue weighted by atomic mass is 10.0. The summed E-state index contributed by atoms with van der Waals surface area (Å²) in [5.74, 6) is 0. The molecule has 0 amide bonds. The van der Waals surface area contributed by atoms with E-state index < -0.39 is 0 Å². The highest BCUT2D eigenvalue weighted by Crippen LogP contribution is 2.34. The summed E-state index contributed by atoms with van der Waals surface area (Å²) in [5, 5.41) is 8.83. The molecule has 1 atom stereocenters. The predicted octanol–water partition coefficient (Wildman–Crippen LogP) is 3.23. The van der Waals surface area contributed by atoms with E-state index in [-0.39, 0.29) is 6.04 Å². The van der Waals surface area contributed by atoms with Crippen LogP contribution < -0.4 is 5.73 Å². The highest BCUT2D eigenvalue weighted by Gasteiger charge is 2.19. The largest absolute Gasteiger partial charge is 0.324 e. The Balaban J connectivity index is 2.03. The molecule has 0 aliphatic heterocycles. The zero-order valence-electron chi connectivity index (χ0n) is 9.31. The van der Waals surface area contributed by atoms with Gasteiger partial charge in [-0.3, -0.25) is 0 Å². The highest BCUT2D eigenvalue weighted by molar-refractivity contribution is 7.16. The fourth-order valence-corrected chi connectivity index (χ4v) is 3.16. The van der Waals surface area contributed by atoms with Crippen molar-refractivity contribution in [1.29, 1.82) is 5.26 Å². The van der Waals surface area contributed by atoms with Gasteiger partial charge in [0.05, 0.1) is 0 Å². The Bertz CT molecular complexity index is 607. The standard InChI is InChI=1S/C14H12N2S/c15-8-11-3-6-14(17-11)10-1-4-12-9(7-10)2-5-13(12)16/h1,3-4,6-7,13H,2,5,16H2. The van der Waals surface area contributed by atoms with Crippen LogP contribution in [0.1, 0.15) is 28.5 Å². The van der Waals surface area contributed by atoms with Gasteiger partial charge < -0.3 is 5.73 Å². The fourth-order valence-electron chi connectivity index (χ4n) is 2.36. The summed E-state index contributed by atoms with van der Waals surface area (Å²) in [6.45, 7) is 0. The van der Waals surface area contributed by atoms with E-state index in [0.29, 0.717) is 0 Å². The van der Waals surface area contributed by atoms with Crippen LogP contribution >= 0.6 is 11.3 Å². The molecule has 3 rings (SSSR count). The molecule has 1 aliphatic rings. The van der Waals surface area contributed by atoms with E-state index in [9.17, 15) is 0 Å². The second kappa shape index (κ2) is 3.99. The molecule has 0 radical (unpaired) electrons. The van der Waals surface area contributed by atoms with Crippen molar-refractivity contribution in [3.8, 4) is 16.5 Å². The van der Waals surface area contributed by atoms with Crippen molar-refractivity contribution < 1.29 is 0 Å². The van der Waals surface area contributed by atoms with Crippen molar-refractivity contribution in [2.75, 3.05) is 0 Å². The molecular formula is C14H12N2S. The summed E-state index contributed by atoms with van der Waals surface area (Å²) in [5.41, 5.74) is 9.86. The molecule has 1 aliphatic carbocycles. The summed E-state index contributed by atoms with van der Waals surface area (Å²) in [7, 11) is 0. The average Bonchev–Trinajstić information content (AvgIpc) is 2.96. The van der Waals surface area contributed by atoms with Crippen LogP contribution in [-0.4, -0.2) is 0 Å². The van der Waals surface area contributed by atoms with Crippen molar-refractivity contribution in [2.45, 2.75) is 18.9 Å². The molecule has 2 nitrogen and oxygen atoms in total. The third-order valence-electron chi connectivity index (χ3n) is 3.27. The van der Waals surface area contributed by atoms with Crippen LogP contribution in [0.25, 0.3) is 10.4 Å². The first kappa shape index (κ1) is 10.5. The van der Waals surface area contributed by atoms with Crippen molar-refractivity contribution >= 4 is 11.3 Å². The minimum absolute atomic E-state index is 0.206. The summed E-state index contributed by atoms with van der Waals surface area (Å²) in [6, 6.07) is 12.7. The monoisotopic (exact) mass is 240 g/mol. The quantitative estimate of drug-likeness (QED) is 0.832. The number of rotatable bonds is 1. The number of nitrogens with zero attached hydrogens (tertiary/aromatic N) is 1. The Morgan fingerprint density at radius 1 is 1.29 bits per heavy atom. The van der Waals surface area contributed by atoms with Gasteiger partial charge in [0, 0.05) is 10.9 Å². The van der Waals surface area contributed by atoms with Gasteiger partial charge in [-0.2, -0.15) is 5.26 Å². The molecule has 2 N–H and O–H groups in total. The molecular weight excluding hydrogens is 228 g/mol. The Morgan fingerprint density at radius 2 is 2.18 bits per heavy atom. The molecule has 0 saturated carbocycles. The summed E-state index contributed by atoms with van der Waals surface area (Å²) in [6.07, 6.45) is 2.12. The molecule has 1 heterocycles. The summed E-state index contributed by atoms with van der Waals surface area (Å²) >= 11 is 1.54. The first-order valence-corrected chi connectivity index (χ1v) is 6.48. The van der Waals surface area contributed by atoms with E-state index in [4.69, 9.17) is 11.0 Å². The number of thiophene rings is 1. The lowest BCUT2D eigenvalue weighted by molar-refractivity contribution is 0.713. The zero-order valence-corrected chi connectivity index (χ0v) is 10.1. The third-order valence-corrected chi connectivity index (χ3v) is 4.31. The number of hydrogen-bond acceptors (Lipinski definition) is 3. The molecule has 2 aromatic rings. The number of nitriles is 1. The minimum atomic E-state index is 0.206. The smallest absolute Gasteiger partial charge is 0.110 e. The normalized spacial score (nSPS) is 17.8. The molecule has 1 aromatic heterocycles. The zero-order chi connectivity index (χ0) is 11.8. The van der Waals surface area contributed by atoms with Crippen LogP contribution in [0.15, 0.2) is 30.3 Å². The van der Waals surface area contributed by atoms with Gasteiger partial charge in [0.15, 0.2) is 0 Å². The lowest BCUT2D eigenvalue weighted by Crippen LogP contribution is -2.04. The second-order valence-electron chi connectivity index (χ2n) is 4.33. The number of hydrogen-bond donors (Lipinski definition) is 1. The molecule has 0 saturated heterocycles. The van der Waals surface area contributed by atoms with E-state index in [2.05, 4.69) is 24.3 Å². The van der Waals surface area contributed by atoms with Gasteiger partial charge in [0.25, 0.3) is 0 Å². The topological polar surface area (TPSA) is 49.8 Å². The van der Waals surface area contributed by atoms with Gasteiger partial charge in [0.1, 0.15) is 10.9 Å². The SMILES string of the molecule is N#Cc1ccc(-c2ccc3c(c2)CCC3N)s1. The molecule has 0 bridgehead atoms. The van der Waals surface area contributed by atoms with E-state index in [1.807, 2.05) is 12.1 Å². The third kappa shape index (κ3) is 1.76. The Labute approximate surface area is 104 Å². The number of aryl methyl sites for hydroxylation is 1. The van der Waals surface area contributed by atoms with Crippen molar-refractivity contribution in [1.82, 2.24) is 0 Å². The number of benzene rings is 1. The molecule has 3 heteroatoms. The Morgan fingerprint density at radius 3 is 2.94 bits per heavy atom.